The zero-order valence-electron chi connectivity index (χ0n) is 29.1. The van der Waals surface area contributed by atoms with Crippen molar-refractivity contribution in [3.8, 4) is 56.4 Å². The summed E-state index contributed by atoms with van der Waals surface area (Å²) in [6, 6.07) is 45.7. The molecular formula is C48H40N4. The molecule has 1 spiro atoms. The first-order chi connectivity index (χ1) is 25.7. The average molecular weight is 673 g/mol. The van der Waals surface area contributed by atoms with Crippen LogP contribution >= 0.6 is 0 Å². The Morgan fingerprint density at radius 3 is 1.46 bits per heavy atom. The maximum atomic E-state index is 5.32. The van der Waals surface area contributed by atoms with Gasteiger partial charge in [-0.3, -0.25) is 4.99 Å². The molecule has 1 aromatic heterocycles. The van der Waals surface area contributed by atoms with Gasteiger partial charge in [0.05, 0.1) is 6.04 Å². The van der Waals surface area contributed by atoms with Crippen LogP contribution in [0, 0.1) is 23.7 Å². The molecule has 0 radical (unpaired) electrons. The smallest absolute Gasteiger partial charge is 0.164 e. The van der Waals surface area contributed by atoms with E-state index in [1.807, 2.05) is 0 Å². The van der Waals surface area contributed by atoms with E-state index in [1.54, 1.807) is 0 Å². The van der Waals surface area contributed by atoms with Crippen LogP contribution in [0.4, 0.5) is 0 Å². The minimum Gasteiger partial charge on any atom is -0.288 e. The Morgan fingerprint density at radius 1 is 0.462 bits per heavy atom. The van der Waals surface area contributed by atoms with Crippen molar-refractivity contribution in [1.82, 2.24) is 15.0 Å². The SMILES string of the molecule is C1=CC2c3ccc(-c4nc(-c5ccc(-c6ccccc6)cc5)nc(-c5ccc(-c6ccccc6)cc5)n4)cc3C3(C4CC5CC(C4)CC3C5)C2N=C1. The van der Waals surface area contributed by atoms with E-state index in [1.165, 1.54) is 65.5 Å². The number of allylic oxidation sites excluding steroid dienone is 1. The summed E-state index contributed by atoms with van der Waals surface area (Å²) in [6.07, 6.45) is 13.6. The molecule has 2 atom stereocenters. The Bertz CT molecular complexity index is 2230. The molecule has 2 heterocycles. The Hall–Kier alpha value is -5.48. The lowest BCUT2D eigenvalue weighted by Gasteiger charge is -2.62. The number of aromatic nitrogens is 3. The largest absolute Gasteiger partial charge is 0.288 e. The van der Waals surface area contributed by atoms with Crippen LogP contribution in [0.25, 0.3) is 56.4 Å². The van der Waals surface area contributed by atoms with Crippen molar-refractivity contribution in [3.05, 3.63) is 151 Å². The molecule has 5 aliphatic carbocycles. The maximum Gasteiger partial charge on any atom is 0.164 e. The Balaban J connectivity index is 1.05. The molecule has 4 nitrogen and oxygen atoms in total. The molecule has 0 amide bonds. The molecule has 4 fully saturated rings. The second kappa shape index (κ2) is 11.8. The molecule has 4 heteroatoms. The fourth-order valence-corrected chi connectivity index (χ4v) is 11.3. The van der Waals surface area contributed by atoms with E-state index in [4.69, 9.17) is 19.9 Å². The van der Waals surface area contributed by atoms with Crippen molar-refractivity contribution >= 4 is 6.21 Å². The first kappa shape index (κ1) is 30.2. The summed E-state index contributed by atoms with van der Waals surface area (Å²) in [4.78, 5) is 20.9. The summed E-state index contributed by atoms with van der Waals surface area (Å²) < 4.78 is 0. The Morgan fingerprint density at radius 2 is 0.923 bits per heavy atom. The first-order valence-electron chi connectivity index (χ1n) is 19.1. The standard InChI is InChI=1S/C48H40N4/c1-3-8-32(9-4-1)34-13-17-36(18-14-34)45-50-46(37-19-15-35(16-20-37)33-10-5-2-6-11-33)52-47(51-45)38-21-22-41-42-12-7-23-49-44(42)48(43(41)29-38)39-25-30-24-31(27-39)28-40(48)26-30/h1-23,29-31,39-40,42,44H,24-28H2. The van der Waals surface area contributed by atoms with Gasteiger partial charge in [-0.1, -0.05) is 127 Å². The zero-order valence-corrected chi connectivity index (χ0v) is 29.1. The van der Waals surface area contributed by atoms with Crippen LogP contribution in [0.2, 0.25) is 0 Å². The van der Waals surface area contributed by atoms with Gasteiger partial charge in [0.25, 0.3) is 0 Å². The summed E-state index contributed by atoms with van der Waals surface area (Å²) in [5.41, 5.74) is 10.9. The zero-order chi connectivity index (χ0) is 34.2. The summed E-state index contributed by atoms with van der Waals surface area (Å²) in [6.45, 7) is 0. The van der Waals surface area contributed by atoms with E-state index in [2.05, 4.69) is 146 Å². The summed E-state index contributed by atoms with van der Waals surface area (Å²) in [7, 11) is 0. The molecule has 5 aromatic carbocycles. The van der Waals surface area contributed by atoms with Crippen molar-refractivity contribution in [2.75, 3.05) is 0 Å². The molecule has 52 heavy (non-hydrogen) atoms. The monoisotopic (exact) mass is 672 g/mol. The van der Waals surface area contributed by atoms with Crippen LogP contribution in [0.3, 0.4) is 0 Å². The average Bonchev–Trinajstić information content (AvgIpc) is 3.50. The predicted octanol–water partition coefficient (Wildman–Crippen LogP) is 11.0. The quantitative estimate of drug-likeness (QED) is 0.183. The highest BCUT2D eigenvalue weighted by Gasteiger charge is 2.65. The van der Waals surface area contributed by atoms with Crippen LogP contribution in [0.15, 0.2) is 145 Å². The fraction of sp³-hybridized carbons (Fsp3) is 0.250. The lowest BCUT2D eigenvalue weighted by molar-refractivity contribution is -0.0682. The van der Waals surface area contributed by atoms with Gasteiger partial charge in [-0.2, -0.15) is 0 Å². The topological polar surface area (TPSA) is 51.0 Å². The molecule has 2 unspecified atom stereocenters. The molecule has 252 valence electrons. The number of hydrogen-bond acceptors (Lipinski definition) is 4. The van der Waals surface area contributed by atoms with E-state index in [0.717, 1.165) is 34.4 Å². The predicted molar refractivity (Wildman–Crippen MR) is 210 cm³/mol. The van der Waals surface area contributed by atoms with E-state index in [0.29, 0.717) is 35.4 Å². The molecule has 12 rings (SSSR count). The van der Waals surface area contributed by atoms with Crippen molar-refractivity contribution in [2.45, 2.75) is 49.5 Å². The van der Waals surface area contributed by atoms with Crippen LogP contribution in [-0.4, -0.2) is 27.2 Å². The lowest BCUT2D eigenvalue weighted by atomic mass is 9.43. The molecular weight excluding hydrogens is 633 g/mol. The molecule has 1 aliphatic heterocycles. The maximum absolute atomic E-state index is 5.32. The number of fused-ring (bicyclic) bond motifs is 3. The minimum absolute atomic E-state index is 0.101. The number of rotatable bonds is 5. The van der Waals surface area contributed by atoms with Gasteiger partial charge in [-0.25, -0.2) is 15.0 Å². The second-order valence-corrected chi connectivity index (χ2v) is 15.9. The van der Waals surface area contributed by atoms with Crippen molar-refractivity contribution in [3.63, 3.8) is 0 Å². The van der Waals surface area contributed by atoms with Gasteiger partial charge in [-0.15, -0.1) is 0 Å². The van der Waals surface area contributed by atoms with Gasteiger partial charge in [0.2, 0.25) is 0 Å². The third-order valence-electron chi connectivity index (χ3n) is 13.2. The Labute approximate surface area is 305 Å². The summed E-state index contributed by atoms with van der Waals surface area (Å²) >= 11 is 0. The van der Waals surface area contributed by atoms with Gasteiger partial charge < -0.3 is 0 Å². The van der Waals surface area contributed by atoms with Gasteiger partial charge in [0, 0.05) is 34.2 Å². The minimum atomic E-state index is 0.101. The summed E-state index contributed by atoms with van der Waals surface area (Å²) in [5, 5.41) is 0. The van der Waals surface area contributed by atoms with Crippen LogP contribution in [0.5, 0.6) is 0 Å². The van der Waals surface area contributed by atoms with Crippen molar-refractivity contribution in [2.24, 2.45) is 28.7 Å². The number of hydrogen-bond donors (Lipinski definition) is 0. The van der Waals surface area contributed by atoms with E-state index in [9.17, 15) is 0 Å². The molecule has 4 bridgehead atoms. The van der Waals surface area contributed by atoms with Gasteiger partial charge in [0.15, 0.2) is 17.5 Å². The molecule has 4 saturated carbocycles. The van der Waals surface area contributed by atoms with Crippen molar-refractivity contribution < 1.29 is 0 Å². The highest BCUT2D eigenvalue weighted by molar-refractivity contribution is 5.76. The normalized spacial score (nSPS) is 27.5. The summed E-state index contributed by atoms with van der Waals surface area (Å²) in [5.74, 6) is 5.67. The highest BCUT2D eigenvalue weighted by atomic mass is 15.0. The van der Waals surface area contributed by atoms with Crippen LogP contribution in [0.1, 0.15) is 49.1 Å². The number of aliphatic imine (C=N–C) groups is 1. The van der Waals surface area contributed by atoms with Gasteiger partial charge in [0.1, 0.15) is 0 Å². The van der Waals surface area contributed by atoms with Crippen LogP contribution < -0.4 is 0 Å². The third-order valence-corrected chi connectivity index (χ3v) is 13.2. The molecule has 6 aromatic rings. The first-order valence-corrected chi connectivity index (χ1v) is 19.1. The molecule has 0 saturated heterocycles. The Kier molecular flexibility index (Phi) is 6.83. The number of nitrogens with zero attached hydrogens (tertiary/aromatic N) is 4. The number of dihydropyridines is 1. The number of benzene rings is 5. The third kappa shape index (κ3) is 4.66. The van der Waals surface area contributed by atoms with E-state index < -0.39 is 0 Å². The molecule has 0 N–H and O–H groups in total. The fourth-order valence-electron chi connectivity index (χ4n) is 11.3. The van der Waals surface area contributed by atoms with E-state index in [-0.39, 0.29) is 5.41 Å². The van der Waals surface area contributed by atoms with Crippen LogP contribution in [-0.2, 0) is 5.41 Å². The second-order valence-electron chi connectivity index (χ2n) is 15.9. The highest BCUT2D eigenvalue weighted by Crippen LogP contribution is 2.69. The lowest BCUT2D eigenvalue weighted by Crippen LogP contribution is -2.59. The van der Waals surface area contributed by atoms with Gasteiger partial charge >= 0.3 is 0 Å². The van der Waals surface area contributed by atoms with E-state index >= 15 is 0 Å². The van der Waals surface area contributed by atoms with Crippen molar-refractivity contribution in [1.29, 1.82) is 0 Å². The molecule has 6 aliphatic rings. The van der Waals surface area contributed by atoms with Gasteiger partial charge in [-0.05, 0) is 101 Å².